The van der Waals surface area contributed by atoms with Crippen molar-refractivity contribution in [1.29, 1.82) is 0 Å². The van der Waals surface area contributed by atoms with Gasteiger partial charge >= 0.3 is 0 Å². The highest BCUT2D eigenvalue weighted by Crippen LogP contribution is 2.25. The Morgan fingerprint density at radius 3 is 2.68 bits per heavy atom. The molecule has 4 nitrogen and oxygen atoms in total. The monoisotopic (exact) mass is 352 g/mol. The Hall–Kier alpha value is -2.40. The number of thiophene rings is 1. The molecule has 2 heterocycles. The topological polar surface area (TPSA) is 51.1 Å². The van der Waals surface area contributed by atoms with E-state index in [9.17, 15) is 9.59 Å². The van der Waals surface area contributed by atoms with Crippen molar-refractivity contribution in [2.24, 2.45) is 0 Å². The molecule has 1 N–H and O–H groups in total. The average molecular weight is 352 g/mol. The summed E-state index contributed by atoms with van der Waals surface area (Å²) >= 11 is 1.44. The van der Waals surface area contributed by atoms with Gasteiger partial charge in [-0.25, -0.2) is 0 Å². The van der Waals surface area contributed by atoms with Gasteiger partial charge in [0.25, 0.3) is 0 Å². The second kappa shape index (κ2) is 6.84. The number of carbonyl (C=O) groups excluding carboxylic acids is 2. The minimum absolute atomic E-state index is 0.0150. The molecular weight excluding hydrogens is 332 g/mol. The maximum Gasteiger partial charge on any atom is 0.240 e. The smallest absolute Gasteiger partial charge is 0.240 e. The molecule has 25 heavy (non-hydrogen) atoms. The van der Waals surface area contributed by atoms with E-state index in [2.05, 4.69) is 5.32 Å². The molecule has 4 rings (SSSR count). The number of fused-ring (bicyclic) bond motifs is 1. The zero-order valence-corrected chi connectivity index (χ0v) is 14.7. The van der Waals surface area contributed by atoms with E-state index in [0.29, 0.717) is 11.6 Å². The standard InChI is InChI=1S/C20H20N2O2S/c23-19(21-14-6-1-2-7-14)13-22-12-16(15-8-3-4-9-17(15)22)20(24)18-10-5-11-25-18/h3-5,8-12,14H,1-2,6-7,13H2,(H,21,23). The maximum absolute atomic E-state index is 12.8. The van der Waals surface area contributed by atoms with Gasteiger partial charge in [-0.1, -0.05) is 37.1 Å². The van der Waals surface area contributed by atoms with Crippen molar-refractivity contribution in [2.45, 2.75) is 38.3 Å². The SMILES string of the molecule is O=C(Cn1cc(C(=O)c2cccs2)c2ccccc21)NC1CCCC1. The van der Waals surface area contributed by atoms with Crippen LogP contribution < -0.4 is 5.32 Å². The first-order valence-corrected chi connectivity index (χ1v) is 9.56. The number of hydrogen-bond acceptors (Lipinski definition) is 3. The fraction of sp³-hybridized carbons (Fsp3) is 0.300. The lowest BCUT2D eigenvalue weighted by Gasteiger charge is -2.12. The normalized spacial score (nSPS) is 14.9. The molecule has 128 valence electrons. The van der Waals surface area contributed by atoms with Gasteiger partial charge in [-0.15, -0.1) is 11.3 Å². The molecule has 0 bridgehead atoms. The molecule has 0 atom stereocenters. The van der Waals surface area contributed by atoms with Crippen LogP contribution in [0.4, 0.5) is 0 Å². The summed E-state index contributed by atoms with van der Waals surface area (Å²) in [5.74, 6) is 0.0314. The van der Waals surface area contributed by atoms with Gasteiger partial charge in [-0.05, 0) is 30.4 Å². The highest BCUT2D eigenvalue weighted by atomic mass is 32.1. The highest BCUT2D eigenvalue weighted by Gasteiger charge is 2.20. The molecule has 0 saturated heterocycles. The molecule has 1 aliphatic carbocycles. The van der Waals surface area contributed by atoms with E-state index >= 15 is 0 Å². The van der Waals surface area contributed by atoms with Crippen LogP contribution >= 0.6 is 11.3 Å². The quantitative estimate of drug-likeness (QED) is 0.706. The van der Waals surface area contributed by atoms with E-state index in [1.54, 1.807) is 0 Å². The molecule has 0 aliphatic heterocycles. The van der Waals surface area contributed by atoms with Crippen LogP contribution in [0.3, 0.4) is 0 Å². The molecular formula is C20H20N2O2S. The van der Waals surface area contributed by atoms with Crippen molar-refractivity contribution in [1.82, 2.24) is 9.88 Å². The van der Waals surface area contributed by atoms with E-state index in [1.165, 1.54) is 24.2 Å². The summed E-state index contributed by atoms with van der Waals surface area (Å²) < 4.78 is 1.89. The van der Waals surface area contributed by atoms with Gasteiger partial charge in [0.05, 0.1) is 4.88 Å². The van der Waals surface area contributed by atoms with Gasteiger partial charge in [-0.2, -0.15) is 0 Å². The first kappa shape index (κ1) is 16.1. The van der Waals surface area contributed by atoms with Crippen molar-refractivity contribution in [2.75, 3.05) is 0 Å². The Balaban J connectivity index is 1.63. The van der Waals surface area contributed by atoms with E-state index in [1.807, 2.05) is 52.5 Å². The fourth-order valence-corrected chi connectivity index (χ4v) is 4.28. The summed E-state index contributed by atoms with van der Waals surface area (Å²) in [7, 11) is 0. The maximum atomic E-state index is 12.8. The Bertz CT molecular complexity index is 905. The minimum Gasteiger partial charge on any atom is -0.352 e. The molecule has 1 aliphatic rings. The zero-order chi connectivity index (χ0) is 17.2. The highest BCUT2D eigenvalue weighted by molar-refractivity contribution is 7.12. The molecule has 1 amide bonds. The van der Waals surface area contributed by atoms with Crippen LogP contribution in [0.5, 0.6) is 0 Å². The second-order valence-electron chi connectivity index (χ2n) is 6.54. The number of nitrogens with one attached hydrogen (secondary N) is 1. The lowest BCUT2D eigenvalue weighted by atomic mass is 10.1. The van der Waals surface area contributed by atoms with Crippen LogP contribution in [-0.4, -0.2) is 22.3 Å². The number of aromatic nitrogens is 1. The Morgan fingerprint density at radius 1 is 1.12 bits per heavy atom. The molecule has 0 unspecified atom stereocenters. The van der Waals surface area contributed by atoms with Crippen molar-refractivity contribution in [3.05, 3.63) is 58.4 Å². The van der Waals surface area contributed by atoms with Crippen LogP contribution in [0.1, 0.15) is 40.9 Å². The van der Waals surface area contributed by atoms with E-state index < -0.39 is 0 Å². The summed E-state index contributed by atoms with van der Waals surface area (Å²) in [4.78, 5) is 25.9. The third-order valence-corrected chi connectivity index (χ3v) is 5.68. The van der Waals surface area contributed by atoms with E-state index in [4.69, 9.17) is 0 Å². The number of ketones is 1. The predicted octanol–water partition coefficient (Wildman–Crippen LogP) is 3.99. The van der Waals surface area contributed by atoms with Gasteiger partial charge in [0.2, 0.25) is 11.7 Å². The zero-order valence-electron chi connectivity index (χ0n) is 13.9. The molecule has 0 spiro atoms. The first-order valence-electron chi connectivity index (χ1n) is 8.68. The number of rotatable bonds is 5. The molecule has 1 saturated carbocycles. The fourth-order valence-electron chi connectivity index (χ4n) is 3.60. The predicted molar refractivity (Wildman–Crippen MR) is 100 cm³/mol. The average Bonchev–Trinajstić information content (AvgIpc) is 3.36. The summed E-state index contributed by atoms with van der Waals surface area (Å²) in [6.07, 6.45) is 6.34. The second-order valence-corrected chi connectivity index (χ2v) is 7.49. The summed E-state index contributed by atoms with van der Waals surface area (Å²) in [5.41, 5.74) is 1.58. The number of para-hydroxylation sites is 1. The number of hydrogen-bond donors (Lipinski definition) is 1. The number of amides is 1. The van der Waals surface area contributed by atoms with Gasteiger partial charge in [0, 0.05) is 28.7 Å². The summed E-state index contributed by atoms with van der Waals surface area (Å²) in [6, 6.07) is 11.8. The van der Waals surface area contributed by atoms with Gasteiger partial charge in [-0.3, -0.25) is 9.59 Å². The third kappa shape index (κ3) is 3.24. The van der Waals surface area contributed by atoms with Crippen LogP contribution in [0.25, 0.3) is 10.9 Å². The lowest BCUT2D eigenvalue weighted by molar-refractivity contribution is -0.122. The van der Waals surface area contributed by atoms with Gasteiger partial charge in [0.15, 0.2) is 0 Å². The molecule has 5 heteroatoms. The molecule has 3 aromatic rings. The molecule has 1 fully saturated rings. The van der Waals surface area contributed by atoms with Crippen LogP contribution in [0.15, 0.2) is 48.0 Å². The Kier molecular flexibility index (Phi) is 4.40. The van der Waals surface area contributed by atoms with Crippen molar-refractivity contribution in [3.63, 3.8) is 0 Å². The molecule has 0 radical (unpaired) electrons. The van der Waals surface area contributed by atoms with Crippen LogP contribution in [0.2, 0.25) is 0 Å². The number of carbonyl (C=O) groups is 2. The first-order chi connectivity index (χ1) is 12.2. The largest absolute Gasteiger partial charge is 0.352 e. The van der Waals surface area contributed by atoms with E-state index in [-0.39, 0.29) is 18.2 Å². The third-order valence-electron chi connectivity index (χ3n) is 4.81. The summed E-state index contributed by atoms with van der Waals surface area (Å²) in [5, 5.41) is 5.92. The van der Waals surface area contributed by atoms with Crippen LogP contribution in [-0.2, 0) is 11.3 Å². The van der Waals surface area contributed by atoms with Crippen molar-refractivity contribution >= 4 is 33.9 Å². The van der Waals surface area contributed by atoms with Crippen molar-refractivity contribution < 1.29 is 9.59 Å². The Morgan fingerprint density at radius 2 is 1.92 bits per heavy atom. The van der Waals surface area contributed by atoms with E-state index in [0.717, 1.165) is 28.6 Å². The molecule has 1 aromatic carbocycles. The number of nitrogens with zero attached hydrogens (tertiary/aromatic N) is 1. The van der Waals surface area contributed by atoms with Crippen LogP contribution in [0, 0.1) is 0 Å². The number of benzene rings is 1. The summed E-state index contributed by atoms with van der Waals surface area (Å²) in [6.45, 7) is 0.245. The minimum atomic E-state index is 0.0150. The lowest BCUT2D eigenvalue weighted by Crippen LogP contribution is -2.35. The molecule has 2 aromatic heterocycles. The van der Waals surface area contributed by atoms with Gasteiger partial charge in [0.1, 0.15) is 6.54 Å². The van der Waals surface area contributed by atoms with Crippen molar-refractivity contribution in [3.8, 4) is 0 Å². The Labute approximate surface area is 150 Å². The van der Waals surface area contributed by atoms with Gasteiger partial charge < -0.3 is 9.88 Å².